The van der Waals surface area contributed by atoms with Gasteiger partial charge in [0, 0.05) is 38.0 Å². The standard InChI is InChI=1S/C18H23N5O2/c1-12-3-6-14(7-19-12)18(24)22-9-15(11-25-2)17-16(10-22)20-21-23(17)8-13-4-5-13/h3,6-7,13,15H,4-5,8-11H2,1-2H3/t15-/m1/s1. The van der Waals surface area contributed by atoms with E-state index in [1.54, 1.807) is 13.3 Å². The van der Waals surface area contributed by atoms with Crippen LogP contribution in [0.4, 0.5) is 0 Å². The minimum Gasteiger partial charge on any atom is -0.384 e. The smallest absolute Gasteiger partial charge is 0.255 e. The quantitative estimate of drug-likeness (QED) is 0.829. The molecule has 4 rings (SSSR count). The van der Waals surface area contributed by atoms with E-state index in [-0.39, 0.29) is 11.8 Å². The van der Waals surface area contributed by atoms with E-state index in [1.807, 2.05) is 28.6 Å². The third-order valence-electron chi connectivity index (χ3n) is 4.96. The van der Waals surface area contributed by atoms with E-state index < -0.39 is 0 Å². The number of nitrogens with zero attached hydrogens (tertiary/aromatic N) is 5. The summed E-state index contributed by atoms with van der Waals surface area (Å²) in [6, 6.07) is 3.69. The monoisotopic (exact) mass is 341 g/mol. The average Bonchev–Trinajstić information content (AvgIpc) is 3.34. The van der Waals surface area contributed by atoms with E-state index in [1.165, 1.54) is 12.8 Å². The predicted octanol–water partition coefficient (Wildman–Crippen LogP) is 1.78. The first-order chi connectivity index (χ1) is 12.2. The Morgan fingerprint density at radius 2 is 2.20 bits per heavy atom. The molecule has 1 amide bonds. The molecule has 1 saturated carbocycles. The molecule has 0 spiro atoms. The summed E-state index contributed by atoms with van der Waals surface area (Å²) in [6.45, 7) is 4.51. The summed E-state index contributed by atoms with van der Waals surface area (Å²) in [6.07, 6.45) is 4.19. The molecule has 2 aromatic rings. The van der Waals surface area contributed by atoms with Gasteiger partial charge in [0.25, 0.3) is 5.91 Å². The number of aryl methyl sites for hydroxylation is 1. The summed E-state index contributed by atoms with van der Waals surface area (Å²) in [5, 5.41) is 8.71. The van der Waals surface area contributed by atoms with Crippen molar-refractivity contribution in [1.29, 1.82) is 0 Å². The van der Waals surface area contributed by atoms with Crippen LogP contribution in [0.15, 0.2) is 18.3 Å². The number of methoxy groups -OCH3 is 1. The molecule has 1 fully saturated rings. The number of fused-ring (bicyclic) bond motifs is 1. The normalized spacial score (nSPS) is 19.8. The molecule has 0 bridgehead atoms. The van der Waals surface area contributed by atoms with Crippen molar-refractivity contribution in [1.82, 2.24) is 24.9 Å². The molecule has 1 atom stereocenters. The Balaban J connectivity index is 1.59. The molecule has 1 aliphatic carbocycles. The van der Waals surface area contributed by atoms with E-state index in [4.69, 9.17) is 4.74 Å². The topological polar surface area (TPSA) is 73.1 Å². The average molecular weight is 341 g/mol. The summed E-state index contributed by atoms with van der Waals surface area (Å²) in [7, 11) is 1.69. The van der Waals surface area contributed by atoms with Gasteiger partial charge in [0.15, 0.2) is 0 Å². The van der Waals surface area contributed by atoms with Crippen LogP contribution in [0.5, 0.6) is 0 Å². The lowest BCUT2D eigenvalue weighted by Gasteiger charge is -2.32. The van der Waals surface area contributed by atoms with Crippen LogP contribution in [-0.2, 0) is 17.8 Å². The van der Waals surface area contributed by atoms with Gasteiger partial charge in [0.2, 0.25) is 0 Å². The fourth-order valence-electron chi connectivity index (χ4n) is 3.46. The molecule has 1 aliphatic heterocycles. The lowest BCUT2D eigenvalue weighted by Crippen LogP contribution is -2.40. The highest BCUT2D eigenvalue weighted by Gasteiger charge is 2.34. The van der Waals surface area contributed by atoms with Gasteiger partial charge in [-0.1, -0.05) is 5.21 Å². The third kappa shape index (κ3) is 3.28. The first kappa shape index (κ1) is 16.2. The Labute approximate surface area is 147 Å². The van der Waals surface area contributed by atoms with Crippen molar-refractivity contribution < 1.29 is 9.53 Å². The number of carbonyl (C=O) groups is 1. The zero-order chi connectivity index (χ0) is 17.4. The van der Waals surface area contributed by atoms with Crippen molar-refractivity contribution in [3.05, 3.63) is 41.0 Å². The second-order valence-electron chi connectivity index (χ2n) is 7.07. The number of ether oxygens (including phenoxy) is 1. The Hall–Kier alpha value is -2.28. The van der Waals surface area contributed by atoms with Crippen LogP contribution in [0.1, 0.15) is 46.2 Å². The van der Waals surface area contributed by atoms with E-state index in [9.17, 15) is 4.79 Å². The van der Waals surface area contributed by atoms with Crippen LogP contribution in [0.2, 0.25) is 0 Å². The molecular weight excluding hydrogens is 318 g/mol. The van der Waals surface area contributed by atoms with E-state index in [0.717, 1.165) is 29.5 Å². The number of rotatable bonds is 5. The Kier molecular flexibility index (Phi) is 4.25. The minimum absolute atomic E-state index is 0.0176. The molecule has 7 nitrogen and oxygen atoms in total. The van der Waals surface area contributed by atoms with Gasteiger partial charge in [0.05, 0.1) is 24.4 Å². The predicted molar refractivity (Wildman–Crippen MR) is 91.1 cm³/mol. The first-order valence-electron chi connectivity index (χ1n) is 8.79. The van der Waals surface area contributed by atoms with Crippen LogP contribution in [-0.4, -0.2) is 51.0 Å². The molecule has 2 aliphatic rings. The molecule has 0 saturated heterocycles. The lowest BCUT2D eigenvalue weighted by atomic mass is 9.98. The molecule has 132 valence electrons. The number of hydrogen-bond donors (Lipinski definition) is 0. The van der Waals surface area contributed by atoms with Crippen molar-refractivity contribution in [3.63, 3.8) is 0 Å². The highest BCUT2D eigenvalue weighted by molar-refractivity contribution is 5.94. The zero-order valence-electron chi connectivity index (χ0n) is 14.7. The van der Waals surface area contributed by atoms with E-state index >= 15 is 0 Å². The van der Waals surface area contributed by atoms with Gasteiger partial charge in [0.1, 0.15) is 5.69 Å². The number of hydrogen-bond acceptors (Lipinski definition) is 5. The van der Waals surface area contributed by atoms with Crippen molar-refractivity contribution >= 4 is 5.91 Å². The van der Waals surface area contributed by atoms with Crippen molar-refractivity contribution in [2.24, 2.45) is 5.92 Å². The molecule has 2 aromatic heterocycles. The lowest BCUT2D eigenvalue weighted by molar-refractivity contribution is 0.0672. The maximum absolute atomic E-state index is 12.9. The van der Waals surface area contributed by atoms with E-state index in [0.29, 0.717) is 25.3 Å². The first-order valence-corrected chi connectivity index (χ1v) is 8.79. The fourth-order valence-corrected chi connectivity index (χ4v) is 3.46. The van der Waals surface area contributed by atoms with Crippen molar-refractivity contribution in [2.45, 2.75) is 38.8 Å². The minimum atomic E-state index is -0.0176. The van der Waals surface area contributed by atoms with Crippen molar-refractivity contribution in [3.8, 4) is 0 Å². The Morgan fingerprint density at radius 1 is 1.36 bits per heavy atom. The molecule has 0 radical (unpaired) electrons. The fraction of sp³-hybridized carbons (Fsp3) is 0.556. The van der Waals surface area contributed by atoms with Crippen LogP contribution in [0.25, 0.3) is 0 Å². The highest BCUT2D eigenvalue weighted by Crippen LogP contribution is 2.34. The van der Waals surface area contributed by atoms with Crippen molar-refractivity contribution in [2.75, 3.05) is 20.3 Å². The summed E-state index contributed by atoms with van der Waals surface area (Å²) >= 11 is 0. The van der Waals surface area contributed by atoms with E-state index in [2.05, 4.69) is 15.3 Å². The second kappa shape index (κ2) is 6.55. The Morgan fingerprint density at radius 3 is 2.88 bits per heavy atom. The Bertz CT molecular complexity index is 766. The van der Waals surface area contributed by atoms with Gasteiger partial charge < -0.3 is 9.64 Å². The molecule has 0 aromatic carbocycles. The van der Waals surface area contributed by atoms with Gasteiger partial charge in [-0.05, 0) is 37.8 Å². The number of carbonyl (C=O) groups excluding carboxylic acids is 1. The molecule has 0 N–H and O–H groups in total. The molecule has 3 heterocycles. The SMILES string of the molecule is COC[C@H]1CN(C(=O)c2ccc(C)nc2)Cc2nnn(CC3CC3)c21. The molecule has 25 heavy (non-hydrogen) atoms. The van der Waals surface area contributed by atoms with Gasteiger partial charge >= 0.3 is 0 Å². The number of amides is 1. The van der Waals surface area contributed by atoms with Gasteiger partial charge in [-0.2, -0.15) is 0 Å². The van der Waals surface area contributed by atoms with Crippen LogP contribution < -0.4 is 0 Å². The largest absolute Gasteiger partial charge is 0.384 e. The summed E-state index contributed by atoms with van der Waals surface area (Å²) in [5.41, 5.74) is 3.54. The van der Waals surface area contributed by atoms with Gasteiger partial charge in [-0.25, -0.2) is 4.68 Å². The number of aromatic nitrogens is 4. The molecule has 0 unspecified atom stereocenters. The maximum atomic E-state index is 12.9. The molecular formula is C18H23N5O2. The zero-order valence-corrected chi connectivity index (χ0v) is 14.7. The van der Waals surface area contributed by atoms with Crippen LogP contribution in [0.3, 0.4) is 0 Å². The summed E-state index contributed by atoms with van der Waals surface area (Å²) in [5.74, 6) is 0.813. The highest BCUT2D eigenvalue weighted by atomic mass is 16.5. The van der Waals surface area contributed by atoms with Crippen LogP contribution >= 0.6 is 0 Å². The second-order valence-corrected chi connectivity index (χ2v) is 7.07. The maximum Gasteiger partial charge on any atom is 0.255 e. The molecule has 7 heteroatoms. The van der Waals surface area contributed by atoms with Crippen LogP contribution in [0, 0.1) is 12.8 Å². The summed E-state index contributed by atoms with van der Waals surface area (Å²) < 4.78 is 7.45. The van der Waals surface area contributed by atoms with Gasteiger partial charge in [-0.3, -0.25) is 9.78 Å². The third-order valence-corrected chi connectivity index (χ3v) is 4.96. The van der Waals surface area contributed by atoms with Gasteiger partial charge in [-0.15, -0.1) is 5.10 Å². The number of pyridine rings is 1. The summed E-state index contributed by atoms with van der Waals surface area (Å²) in [4.78, 5) is 18.9.